The van der Waals surface area contributed by atoms with Crippen LogP contribution < -0.4 is 4.74 Å². The van der Waals surface area contributed by atoms with Crippen LogP contribution in [0.4, 0.5) is 0 Å². The topological polar surface area (TPSA) is 59.3 Å². The minimum atomic E-state index is -0.791. The van der Waals surface area contributed by atoms with Crippen molar-refractivity contribution in [3.05, 3.63) is 29.3 Å². The normalized spacial score (nSPS) is 22.6. The zero-order valence-corrected chi connectivity index (χ0v) is 12.8. The van der Waals surface area contributed by atoms with Gasteiger partial charge in [0.15, 0.2) is 5.78 Å². The molecule has 0 aromatic heterocycles. The van der Waals surface area contributed by atoms with E-state index in [0.29, 0.717) is 24.3 Å². The molecule has 0 amide bonds. The molecule has 4 heteroatoms. The zero-order valence-electron chi connectivity index (χ0n) is 12.8. The van der Waals surface area contributed by atoms with Crippen LogP contribution in [0.5, 0.6) is 5.75 Å². The number of ether oxygens (including phenoxy) is 2. The lowest BCUT2D eigenvalue weighted by Gasteiger charge is -2.20. The zero-order chi connectivity index (χ0) is 15.4. The van der Waals surface area contributed by atoms with Gasteiger partial charge in [-0.1, -0.05) is 24.6 Å². The first kappa shape index (κ1) is 15.5. The van der Waals surface area contributed by atoms with Crippen molar-refractivity contribution in [3.63, 3.8) is 0 Å². The second kappa shape index (κ2) is 6.73. The van der Waals surface area contributed by atoms with Crippen molar-refractivity contribution in [1.29, 1.82) is 5.26 Å². The maximum absolute atomic E-state index is 12.8. The van der Waals surface area contributed by atoms with Gasteiger partial charge in [0.05, 0.1) is 19.3 Å². The van der Waals surface area contributed by atoms with Gasteiger partial charge in [-0.2, -0.15) is 5.26 Å². The maximum Gasteiger partial charge on any atom is 0.160 e. The molecule has 1 aromatic rings. The highest BCUT2D eigenvalue weighted by Crippen LogP contribution is 2.34. The summed E-state index contributed by atoms with van der Waals surface area (Å²) in [5.41, 5.74) is 1.67. The molecule has 4 nitrogen and oxygen atoms in total. The molecule has 2 rings (SSSR count). The average Bonchev–Trinajstić information content (AvgIpc) is 2.96. The standard InChI is InChI=1S/C17H21NO3/c1-4-15-12(7-8-21-15)17(19)14(10-18)13-9-11(2)5-6-16(13)20-3/h5-6,9,12,14-15H,4,7-8H2,1-3H3. The molecule has 3 atom stereocenters. The van der Waals surface area contributed by atoms with Crippen LogP contribution in [0.3, 0.4) is 0 Å². The Bertz CT molecular complexity index is 562. The van der Waals surface area contributed by atoms with E-state index in [2.05, 4.69) is 6.07 Å². The number of Topliss-reactive ketones (excluding diaryl/α,β-unsaturated/α-hetero) is 1. The molecule has 1 aromatic carbocycles. The number of nitrogens with zero attached hydrogens (tertiary/aromatic N) is 1. The Kier molecular flexibility index (Phi) is 4.98. The Hall–Kier alpha value is -1.86. The molecule has 0 radical (unpaired) electrons. The molecule has 1 fully saturated rings. The van der Waals surface area contributed by atoms with Crippen molar-refractivity contribution in [2.75, 3.05) is 13.7 Å². The molecule has 0 bridgehead atoms. The molecular formula is C17H21NO3. The van der Waals surface area contributed by atoms with E-state index in [9.17, 15) is 10.1 Å². The van der Waals surface area contributed by atoms with Gasteiger partial charge in [-0.05, 0) is 25.8 Å². The van der Waals surface area contributed by atoms with Gasteiger partial charge in [0, 0.05) is 18.1 Å². The molecule has 1 saturated heterocycles. The molecule has 0 spiro atoms. The SMILES string of the molecule is CCC1OCCC1C(=O)C(C#N)c1cc(C)ccc1OC. The summed E-state index contributed by atoms with van der Waals surface area (Å²) in [6.45, 7) is 4.54. The van der Waals surface area contributed by atoms with Gasteiger partial charge in [0.1, 0.15) is 11.7 Å². The van der Waals surface area contributed by atoms with Crippen LogP contribution in [0.1, 0.15) is 36.8 Å². The van der Waals surface area contributed by atoms with E-state index < -0.39 is 5.92 Å². The number of hydrogen-bond donors (Lipinski definition) is 0. The quantitative estimate of drug-likeness (QED) is 0.835. The highest BCUT2D eigenvalue weighted by Gasteiger charge is 2.38. The number of nitriles is 1. The van der Waals surface area contributed by atoms with E-state index in [1.807, 2.05) is 32.0 Å². The van der Waals surface area contributed by atoms with E-state index >= 15 is 0 Å². The molecule has 21 heavy (non-hydrogen) atoms. The van der Waals surface area contributed by atoms with Crippen LogP contribution in [0, 0.1) is 24.2 Å². The lowest BCUT2D eigenvalue weighted by atomic mass is 9.83. The van der Waals surface area contributed by atoms with Gasteiger partial charge in [-0.15, -0.1) is 0 Å². The monoisotopic (exact) mass is 287 g/mol. The first-order valence-electron chi connectivity index (χ1n) is 7.31. The summed E-state index contributed by atoms with van der Waals surface area (Å²) < 4.78 is 10.9. The van der Waals surface area contributed by atoms with E-state index in [1.54, 1.807) is 7.11 Å². The number of benzene rings is 1. The van der Waals surface area contributed by atoms with Crippen LogP contribution in [0.25, 0.3) is 0 Å². The van der Waals surface area contributed by atoms with Crippen molar-refractivity contribution < 1.29 is 14.3 Å². The maximum atomic E-state index is 12.8. The van der Waals surface area contributed by atoms with Crippen LogP contribution in [-0.2, 0) is 9.53 Å². The number of methoxy groups -OCH3 is 1. The molecule has 1 aliphatic heterocycles. The highest BCUT2D eigenvalue weighted by atomic mass is 16.5. The number of aryl methyl sites for hydroxylation is 1. The number of rotatable bonds is 5. The third kappa shape index (κ3) is 3.08. The van der Waals surface area contributed by atoms with Gasteiger partial charge in [0.2, 0.25) is 0 Å². The van der Waals surface area contributed by atoms with Gasteiger partial charge in [-0.25, -0.2) is 0 Å². The number of carbonyl (C=O) groups is 1. The molecule has 0 aliphatic carbocycles. The molecule has 1 aliphatic rings. The Morgan fingerprint density at radius 2 is 2.33 bits per heavy atom. The molecule has 0 saturated carbocycles. The fourth-order valence-electron chi connectivity index (χ4n) is 2.96. The van der Waals surface area contributed by atoms with Crippen LogP contribution in [-0.4, -0.2) is 25.6 Å². The lowest BCUT2D eigenvalue weighted by molar-refractivity contribution is -0.124. The fraction of sp³-hybridized carbons (Fsp3) is 0.529. The summed E-state index contributed by atoms with van der Waals surface area (Å²) in [5.74, 6) is -0.441. The molecule has 112 valence electrons. The van der Waals surface area contributed by atoms with Gasteiger partial charge in [0.25, 0.3) is 0 Å². The Morgan fingerprint density at radius 3 is 2.95 bits per heavy atom. The second-order valence-corrected chi connectivity index (χ2v) is 5.42. The first-order valence-corrected chi connectivity index (χ1v) is 7.31. The third-order valence-corrected chi connectivity index (χ3v) is 4.09. The molecule has 3 unspecified atom stereocenters. The summed E-state index contributed by atoms with van der Waals surface area (Å²) >= 11 is 0. The Morgan fingerprint density at radius 1 is 1.57 bits per heavy atom. The number of ketones is 1. The summed E-state index contributed by atoms with van der Waals surface area (Å²) in [6, 6.07) is 7.74. The van der Waals surface area contributed by atoms with Crippen molar-refractivity contribution in [1.82, 2.24) is 0 Å². The highest BCUT2D eigenvalue weighted by molar-refractivity contribution is 5.91. The molecule has 1 heterocycles. The Labute approximate surface area is 125 Å². The first-order chi connectivity index (χ1) is 10.1. The second-order valence-electron chi connectivity index (χ2n) is 5.42. The third-order valence-electron chi connectivity index (χ3n) is 4.09. The molecule has 0 N–H and O–H groups in total. The lowest BCUT2D eigenvalue weighted by Crippen LogP contribution is -2.28. The van der Waals surface area contributed by atoms with E-state index in [0.717, 1.165) is 12.0 Å². The molecular weight excluding hydrogens is 266 g/mol. The largest absolute Gasteiger partial charge is 0.496 e. The average molecular weight is 287 g/mol. The minimum absolute atomic E-state index is 0.0502. The van der Waals surface area contributed by atoms with Crippen LogP contribution in [0.15, 0.2) is 18.2 Å². The summed E-state index contributed by atoms with van der Waals surface area (Å²) in [7, 11) is 1.56. The van der Waals surface area contributed by atoms with Crippen LogP contribution in [0.2, 0.25) is 0 Å². The van der Waals surface area contributed by atoms with Gasteiger partial charge >= 0.3 is 0 Å². The van der Waals surface area contributed by atoms with E-state index in [4.69, 9.17) is 9.47 Å². The van der Waals surface area contributed by atoms with Crippen LogP contribution >= 0.6 is 0 Å². The summed E-state index contributed by atoms with van der Waals surface area (Å²) in [6.07, 6.45) is 1.42. The smallest absolute Gasteiger partial charge is 0.160 e. The van der Waals surface area contributed by atoms with Crippen molar-refractivity contribution in [2.45, 2.75) is 38.7 Å². The predicted molar refractivity (Wildman–Crippen MR) is 79.2 cm³/mol. The Balaban J connectivity index is 2.34. The minimum Gasteiger partial charge on any atom is -0.496 e. The van der Waals surface area contributed by atoms with E-state index in [1.165, 1.54) is 0 Å². The fourth-order valence-corrected chi connectivity index (χ4v) is 2.96. The summed E-state index contributed by atoms with van der Waals surface area (Å²) in [5, 5.41) is 9.51. The van der Waals surface area contributed by atoms with Gasteiger partial charge < -0.3 is 9.47 Å². The number of carbonyl (C=O) groups excluding carboxylic acids is 1. The van der Waals surface area contributed by atoms with Crippen molar-refractivity contribution >= 4 is 5.78 Å². The predicted octanol–water partition coefficient (Wildman–Crippen LogP) is 3.00. The van der Waals surface area contributed by atoms with E-state index in [-0.39, 0.29) is 17.8 Å². The number of hydrogen-bond acceptors (Lipinski definition) is 4. The summed E-state index contributed by atoms with van der Waals surface area (Å²) in [4.78, 5) is 12.8. The van der Waals surface area contributed by atoms with Crippen molar-refractivity contribution in [2.24, 2.45) is 5.92 Å². The van der Waals surface area contributed by atoms with Gasteiger partial charge in [-0.3, -0.25) is 4.79 Å². The van der Waals surface area contributed by atoms with Crippen molar-refractivity contribution in [3.8, 4) is 11.8 Å².